The summed E-state index contributed by atoms with van der Waals surface area (Å²) in [5, 5.41) is 7.88. The minimum absolute atomic E-state index is 0.0136. The van der Waals surface area contributed by atoms with Gasteiger partial charge in [-0.1, -0.05) is 12.1 Å². The van der Waals surface area contributed by atoms with Crippen molar-refractivity contribution in [1.29, 1.82) is 0 Å². The summed E-state index contributed by atoms with van der Waals surface area (Å²) in [7, 11) is -4.86. The van der Waals surface area contributed by atoms with E-state index in [4.69, 9.17) is 14.6 Å². The molecular weight excluding hydrogens is 470 g/mol. The molecule has 2 aromatic carbocycles. The zero-order chi connectivity index (χ0) is 24.2. The van der Waals surface area contributed by atoms with Crippen LogP contribution in [0.4, 0.5) is 0 Å². The Bertz CT molecular complexity index is 1210. The molecule has 1 heterocycles. The summed E-state index contributed by atoms with van der Waals surface area (Å²) in [6, 6.07) is 10.4. The number of hydrogen-bond donors (Lipinski definition) is 2. The van der Waals surface area contributed by atoms with E-state index in [1.807, 2.05) is 0 Å². The maximum atomic E-state index is 13.3. The predicted molar refractivity (Wildman–Crippen MR) is 121 cm³/mol. The number of benzene rings is 2. The third kappa shape index (κ3) is 5.82. The number of nitrogens with two attached hydrogens (primary N) is 1. The van der Waals surface area contributed by atoms with Gasteiger partial charge in [-0.2, -0.15) is 4.31 Å². The average molecular weight is 498 g/mol. The molecule has 0 aliphatic carbocycles. The largest absolute Gasteiger partial charge is 0.497 e. The number of nitrogens with one attached hydrogen (secondary N) is 1. The summed E-state index contributed by atoms with van der Waals surface area (Å²) < 4.78 is 61.0. The Balaban J connectivity index is 1.69. The molecule has 12 heteroatoms. The monoisotopic (exact) mass is 497 g/mol. The molecule has 0 spiro atoms. The average Bonchev–Trinajstić information content (AvgIpc) is 2.81. The molecule has 0 bridgehead atoms. The highest BCUT2D eigenvalue weighted by Crippen LogP contribution is 2.32. The Kier molecular flexibility index (Phi) is 7.62. The van der Waals surface area contributed by atoms with Crippen molar-refractivity contribution in [2.75, 3.05) is 27.3 Å². The zero-order valence-corrected chi connectivity index (χ0v) is 20.0. The number of ether oxygens (including phenoxy) is 2. The molecule has 1 aliphatic rings. The van der Waals surface area contributed by atoms with E-state index in [-0.39, 0.29) is 34.5 Å². The number of nitrogens with zero attached hydrogens (tertiary/aromatic N) is 1. The number of sulfonamides is 2. The van der Waals surface area contributed by atoms with Gasteiger partial charge in [0.25, 0.3) is 0 Å². The van der Waals surface area contributed by atoms with E-state index in [2.05, 4.69) is 5.32 Å². The second-order valence-corrected chi connectivity index (χ2v) is 11.1. The summed E-state index contributed by atoms with van der Waals surface area (Å²) in [5.74, 6) is -0.212. The van der Waals surface area contributed by atoms with Crippen LogP contribution >= 0.6 is 0 Å². The maximum absolute atomic E-state index is 13.3. The van der Waals surface area contributed by atoms with Crippen molar-refractivity contribution in [3.8, 4) is 11.5 Å². The Morgan fingerprint density at radius 2 is 1.79 bits per heavy atom. The number of methoxy groups -OCH3 is 2. The minimum Gasteiger partial charge on any atom is -0.497 e. The summed E-state index contributed by atoms with van der Waals surface area (Å²) in [6.45, 7) is 0.511. The number of piperidine rings is 1. The van der Waals surface area contributed by atoms with E-state index in [9.17, 15) is 21.6 Å². The Morgan fingerprint density at radius 3 is 2.39 bits per heavy atom. The van der Waals surface area contributed by atoms with Gasteiger partial charge in [0.05, 0.1) is 25.0 Å². The molecule has 3 rings (SSSR count). The SMILES string of the molecule is COc1ccc(OC)c(S(=O)(=O)N2CCCC(C(=O)NCc3ccc(S(N)(=O)=O)cc3)C2)c1. The van der Waals surface area contributed by atoms with Gasteiger partial charge in [-0.15, -0.1) is 0 Å². The molecule has 2 aromatic rings. The van der Waals surface area contributed by atoms with Gasteiger partial charge in [-0.25, -0.2) is 22.0 Å². The first-order chi connectivity index (χ1) is 15.6. The standard InChI is InChI=1S/C21H27N3O7S2/c1-30-17-7-10-19(31-2)20(12-17)33(28,29)24-11-3-4-16(14-24)21(25)23-13-15-5-8-18(9-6-15)32(22,26)27/h5-10,12,16H,3-4,11,13-14H2,1-2H3,(H,23,25)(H2,22,26,27). The number of hydrogen-bond acceptors (Lipinski definition) is 7. The second-order valence-electron chi connectivity index (χ2n) is 7.63. The molecule has 10 nitrogen and oxygen atoms in total. The van der Waals surface area contributed by atoms with Crippen LogP contribution in [0.3, 0.4) is 0 Å². The molecule has 180 valence electrons. The van der Waals surface area contributed by atoms with Crippen LogP contribution in [0.1, 0.15) is 18.4 Å². The van der Waals surface area contributed by atoms with E-state index >= 15 is 0 Å². The molecule has 1 amide bonds. The highest BCUT2D eigenvalue weighted by atomic mass is 32.2. The number of primary sulfonamides is 1. The molecule has 1 aliphatic heterocycles. The van der Waals surface area contributed by atoms with Gasteiger partial charge in [0.2, 0.25) is 26.0 Å². The highest BCUT2D eigenvalue weighted by Gasteiger charge is 2.35. The van der Waals surface area contributed by atoms with Crippen LogP contribution in [-0.2, 0) is 31.4 Å². The van der Waals surface area contributed by atoms with Crippen LogP contribution in [-0.4, -0.2) is 54.4 Å². The van der Waals surface area contributed by atoms with E-state index in [0.717, 1.165) is 0 Å². The van der Waals surface area contributed by atoms with Gasteiger partial charge < -0.3 is 14.8 Å². The molecular formula is C21H27N3O7S2. The van der Waals surface area contributed by atoms with Gasteiger partial charge in [0, 0.05) is 25.7 Å². The van der Waals surface area contributed by atoms with E-state index < -0.39 is 26.0 Å². The highest BCUT2D eigenvalue weighted by molar-refractivity contribution is 7.89. The van der Waals surface area contributed by atoms with Gasteiger partial charge in [-0.05, 0) is 42.7 Å². The van der Waals surface area contributed by atoms with Crippen molar-refractivity contribution in [1.82, 2.24) is 9.62 Å². The van der Waals surface area contributed by atoms with Crippen LogP contribution in [0.15, 0.2) is 52.3 Å². The lowest BCUT2D eigenvalue weighted by Gasteiger charge is -2.31. The van der Waals surface area contributed by atoms with Crippen LogP contribution < -0.4 is 19.9 Å². The van der Waals surface area contributed by atoms with Crippen molar-refractivity contribution in [2.45, 2.75) is 29.2 Å². The number of amides is 1. The molecule has 0 aromatic heterocycles. The van der Waals surface area contributed by atoms with Crippen molar-refractivity contribution >= 4 is 26.0 Å². The third-order valence-corrected chi connectivity index (χ3v) is 8.28. The predicted octanol–water partition coefficient (Wildman–Crippen LogP) is 1.07. The third-order valence-electron chi connectivity index (χ3n) is 5.46. The lowest BCUT2D eigenvalue weighted by Crippen LogP contribution is -2.45. The summed E-state index contributed by atoms with van der Waals surface area (Å²) in [4.78, 5) is 12.7. The number of carbonyl (C=O) groups excluding carboxylic acids is 1. The molecule has 1 saturated heterocycles. The fourth-order valence-corrected chi connectivity index (χ4v) is 5.84. The number of rotatable bonds is 8. The number of carbonyl (C=O) groups is 1. The Morgan fingerprint density at radius 1 is 1.09 bits per heavy atom. The van der Waals surface area contributed by atoms with Crippen LogP contribution in [0.5, 0.6) is 11.5 Å². The zero-order valence-electron chi connectivity index (χ0n) is 18.4. The molecule has 0 radical (unpaired) electrons. The van der Waals surface area contributed by atoms with Crippen LogP contribution in [0.25, 0.3) is 0 Å². The van der Waals surface area contributed by atoms with Gasteiger partial charge in [-0.3, -0.25) is 4.79 Å². The normalized spacial score (nSPS) is 17.4. The molecule has 1 fully saturated rings. The lowest BCUT2D eigenvalue weighted by molar-refractivity contribution is -0.126. The lowest BCUT2D eigenvalue weighted by atomic mass is 9.99. The van der Waals surface area contributed by atoms with E-state index in [1.165, 1.54) is 42.8 Å². The van der Waals surface area contributed by atoms with Crippen LogP contribution in [0.2, 0.25) is 0 Å². The Hall–Kier alpha value is -2.67. The van der Waals surface area contributed by atoms with E-state index in [1.54, 1.807) is 18.2 Å². The van der Waals surface area contributed by atoms with Gasteiger partial charge in [0.1, 0.15) is 16.4 Å². The first-order valence-corrected chi connectivity index (χ1v) is 13.2. The van der Waals surface area contributed by atoms with Crippen molar-refractivity contribution < 1.29 is 31.1 Å². The van der Waals surface area contributed by atoms with Crippen molar-refractivity contribution in [3.63, 3.8) is 0 Å². The molecule has 3 N–H and O–H groups in total. The molecule has 33 heavy (non-hydrogen) atoms. The smallest absolute Gasteiger partial charge is 0.246 e. The first-order valence-electron chi connectivity index (χ1n) is 10.2. The Labute approximate surface area is 193 Å². The van der Waals surface area contributed by atoms with Crippen LogP contribution in [0, 0.1) is 5.92 Å². The molecule has 0 saturated carbocycles. The minimum atomic E-state index is -3.91. The van der Waals surface area contributed by atoms with Gasteiger partial charge >= 0.3 is 0 Å². The van der Waals surface area contributed by atoms with Gasteiger partial charge in [0.15, 0.2) is 0 Å². The fourth-order valence-electron chi connectivity index (χ4n) is 3.63. The molecule has 1 unspecified atom stereocenters. The maximum Gasteiger partial charge on any atom is 0.246 e. The van der Waals surface area contributed by atoms with Crippen molar-refractivity contribution in [2.24, 2.45) is 11.1 Å². The second kappa shape index (κ2) is 10.1. The van der Waals surface area contributed by atoms with Crippen molar-refractivity contribution in [3.05, 3.63) is 48.0 Å². The summed E-state index contributed by atoms with van der Waals surface area (Å²) in [5.41, 5.74) is 0.692. The topological polar surface area (TPSA) is 145 Å². The summed E-state index contributed by atoms with van der Waals surface area (Å²) in [6.07, 6.45) is 1.09. The molecule has 1 atom stereocenters. The fraction of sp³-hybridized carbons (Fsp3) is 0.381. The quantitative estimate of drug-likeness (QED) is 0.555. The summed E-state index contributed by atoms with van der Waals surface area (Å²) >= 11 is 0. The van der Waals surface area contributed by atoms with E-state index in [0.29, 0.717) is 30.7 Å². The first kappa shape index (κ1) is 25.0.